The number of rotatable bonds is 8. The fraction of sp³-hybridized carbons (Fsp3) is 0.722. The summed E-state index contributed by atoms with van der Waals surface area (Å²) in [4.78, 5) is 63.2. The van der Waals surface area contributed by atoms with Crippen molar-refractivity contribution in [1.82, 2.24) is 20.4 Å². The minimum absolute atomic E-state index is 0.321. The van der Waals surface area contributed by atoms with E-state index in [-0.39, 0.29) is 0 Å². The topological polar surface area (TPSA) is 182 Å². The Bertz CT molecular complexity index is 698. The standard InChI is InChI=1S/C18H29N5O7/c1-10(19)15(26)21-11(9-24)16(27)20-8-14(25)22-6-2-4-12(22)17(28)23-7-3-5-13(23)18(29)30/h10-13,24H,2-9,19H2,1H3,(H,20,27)(H,21,26)(H,29,30)/t10-,11-,12-,13-/m0/s1. The van der Waals surface area contributed by atoms with Crippen molar-refractivity contribution >= 4 is 29.6 Å². The molecule has 0 radical (unpaired) electrons. The molecule has 0 unspecified atom stereocenters. The number of nitrogens with two attached hydrogens (primary N) is 1. The summed E-state index contributed by atoms with van der Waals surface area (Å²) in [5.41, 5.74) is 5.41. The van der Waals surface area contributed by atoms with Crippen LogP contribution in [-0.4, -0.2) is 100 Å². The summed E-state index contributed by atoms with van der Waals surface area (Å²) in [7, 11) is 0. The molecule has 0 aromatic heterocycles. The summed E-state index contributed by atoms with van der Waals surface area (Å²) < 4.78 is 0. The van der Waals surface area contributed by atoms with Crippen molar-refractivity contribution in [2.75, 3.05) is 26.2 Å². The van der Waals surface area contributed by atoms with Gasteiger partial charge in [-0.15, -0.1) is 0 Å². The van der Waals surface area contributed by atoms with Crippen molar-refractivity contribution in [1.29, 1.82) is 0 Å². The first-order chi connectivity index (χ1) is 14.2. The number of nitrogens with zero attached hydrogens (tertiary/aromatic N) is 2. The van der Waals surface area contributed by atoms with E-state index in [1.165, 1.54) is 16.7 Å². The van der Waals surface area contributed by atoms with Crippen LogP contribution < -0.4 is 16.4 Å². The number of carboxylic acid groups (broad SMARTS) is 1. The quantitative estimate of drug-likeness (QED) is 0.271. The van der Waals surface area contributed by atoms with Crippen molar-refractivity contribution in [2.24, 2.45) is 5.73 Å². The Labute approximate surface area is 173 Å². The zero-order valence-electron chi connectivity index (χ0n) is 16.9. The SMILES string of the molecule is C[C@H](N)C(=O)N[C@@H](CO)C(=O)NCC(=O)N1CCC[C@H]1C(=O)N1CCC[C@H]1C(=O)O. The number of amides is 4. The normalized spacial score (nSPS) is 23.0. The molecule has 0 aromatic rings. The molecule has 0 spiro atoms. The van der Waals surface area contributed by atoms with Crippen LogP contribution in [0.3, 0.4) is 0 Å². The maximum Gasteiger partial charge on any atom is 0.326 e. The second-order valence-corrected chi connectivity index (χ2v) is 7.52. The molecule has 2 fully saturated rings. The lowest BCUT2D eigenvalue weighted by molar-refractivity contribution is -0.151. The zero-order valence-corrected chi connectivity index (χ0v) is 16.9. The van der Waals surface area contributed by atoms with Gasteiger partial charge in [0.1, 0.15) is 18.1 Å². The lowest BCUT2D eigenvalue weighted by Crippen LogP contribution is -2.55. The molecule has 0 aromatic carbocycles. The summed E-state index contributed by atoms with van der Waals surface area (Å²) in [5.74, 6) is -3.34. The van der Waals surface area contributed by atoms with Gasteiger partial charge in [0.15, 0.2) is 0 Å². The molecule has 168 valence electrons. The van der Waals surface area contributed by atoms with E-state index in [1.807, 2.05) is 0 Å². The Morgan fingerprint density at radius 1 is 1.03 bits per heavy atom. The van der Waals surface area contributed by atoms with E-state index in [0.717, 1.165) is 0 Å². The predicted molar refractivity (Wildman–Crippen MR) is 103 cm³/mol. The van der Waals surface area contributed by atoms with Crippen LogP contribution in [0.5, 0.6) is 0 Å². The minimum atomic E-state index is -1.26. The van der Waals surface area contributed by atoms with Crippen LogP contribution in [0.25, 0.3) is 0 Å². The fourth-order valence-corrected chi connectivity index (χ4v) is 3.69. The van der Waals surface area contributed by atoms with Crippen molar-refractivity contribution in [3.63, 3.8) is 0 Å². The molecule has 2 aliphatic rings. The van der Waals surface area contributed by atoms with Gasteiger partial charge in [-0.3, -0.25) is 19.2 Å². The second-order valence-electron chi connectivity index (χ2n) is 7.52. The molecule has 4 amide bonds. The lowest BCUT2D eigenvalue weighted by Gasteiger charge is -2.30. The molecular formula is C18H29N5O7. The Hall–Kier alpha value is -2.73. The van der Waals surface area contributed by atoms with Gasteiger partial charge in [-0.25, -0.2) is 4.79 Å². The predicted octanol–water partition coefficient (Wildman–Crippen LogP) is -3.01. The summed E-state index contributed by atoms with van der Waals surface area (Å²) in [6.07, 6.45) is 1.99. The third kappa shape index (κ3) is 5.45. The monoisotopic (exact) mass is 427 g/mol. The molecule has 0 aliphatic carbocycles. The molecule has 4 atom stereocenters. The van der Waals surface area contributed by atoms with Crippen LogP contribution in [0.2, 0.25) is 0 Å². The molecule has 30 heavy (non-hydrogen) atoms. The van der Waals surface area contributed by atoms with Gasteiger partial charge < -0.3 is 36.4 Å². The largest absolute Gasteiger partial charge is 0.480 e. The van der Waals surface area contributed by atoms with Crippen LogP contribution in [0.1, 0.15) is 32.6 Å². The number of hydrogen-bond acceptors (Lipinski definition) is 7. The molecule has 0 saturated carbocycles. The highest BCUT2D eigenvalue weighted by atomic mass is 16.4. The number of nitrogens with one attached hydrogen (secondary N) is 2. The molecule has 2 aliphatic heterocycles. The number of aliphatic carboxylic acids is 1. The van der Waals surface area contributed by atoms with Crippen molar-refractivity contribution in [3.05, 3.63) is 0 Å². The average molecular weight is 427 g/mol. The van der Waals surface area contributed by atoms with Gasteiger partial charge >= 0.3 is 5.97 Å². The summed E-state index contributed by atoms with van der Waals surface area (Å²) >= 11 is 0. The van der Waals surface area contributed by atoms with E-state index in [0.29, 0.717) is 38.8 Å². The molecular weight excluding hydrogens is 398 g/mol. The zero-order chi connectivity index (χ0) is 22.4. The molecule has 2 rings (SSSR count). The third-order valence-electron chi connectivity index (χ3n) is 5.32. The Balaban J connectivity index is 1.94. The fourth-order valence-electron chi connectivity index (χ4n) is 3.69. The number of likely N-dealkylation sites (tertiary alicyclic amines) is 2. The van der Waals surface area contributed by atoms with Crippen LogP contribution in [0, 0.1) is 0 Å². The lowest BCUT2D eigenvalue weighted by atomic mass is 10.1. The first-order valence-electron chi connectivity index (χ1n) is 9.94. The second kappa shape index (κ2) is 10.3. The minimum Gasteiger partial charge on any atom is -0.480 e. The van der Waals surface area contributed by atoms with E-state index >= 15 is 0 Å². The molecule has 12 heteroatoms. The van der Waals surface area contributed by atoms with Gasteiger partial charge in [0.25, 0.3) is 0 Å². The average Bonchev–Trinajstić information content (AvgIpc) is 3.38. The van der Waals surface area contributed by atoms with Crippen LogP contribution in [-0.2, 0) is 24.0 Å². The van der Waals surface area contributed by atoms with E-state index in [9.17, 15) is 34.2 Å². The summed E-state index contributed by atoms with van der Waals surface area (Å²) in [6, 6.07) is -3.77. The van der Waals surface area contributed by atoms with E-state index in [4.69, 9.17) is 5.73 Å². The molecule has 0 bridgehead atoms. The maximum absolute atomic E-state index is 12.8. The van der Waals surface area contributed by atoms with Gasteiger partial charge in [-0.2, -0.15) is 0 Å². The molecule has 2 heterocycles. The van der Waals surface area contributed by atoms with Crippen molar-refractivity contribution in [3.8, 4) is 0 Å². The van der Waals surface area contributed by atoms with Crippen molar-refractivity contribution in [2.45, 2.75) is 56.8 Å². The highest BCUT2D eigenvalue weighted by Crippen LogP contribution is 2.25. The third-order valence-corrected chi connectivity index (χ3v) is 5.32. The van der Waals surface area contributed by atoms with Gasteiger partial charge in [0, 0.05) is 13.1 Å². The van der Waals surface area contributed by atoms with E-state index in [1.54, 1.807) is 0 Å². The van der Waals surface area contributed by atoms with Gasteiger partial charge in [0.2, 0.25) is 23.6 Å². The van der Waals surface area contributed by atoms with E-state index < -0.39 is 66.9 Å². The number of hydrogen-bond donors (Lipinski definition) is 5. The number of carbonyl (C=O) groups excluding carboxylic acids is 4. The van der Waals surface area contributed by atoms with Gasteiger partial charge in [0.05, 0.1) is 19.2 Å². The van der Waals surface area contributed by atoms with Crippen LogP contribution in [0.15, 0.2) is 0 Å². The van der Waals surface area contributed by atoms with Crippen LogP contribution >= 0.6 is 0 Å². The van der Waals surface area contributed by atoms with Crippen LogP contribution in [0.4, 0.5) is 0 Å². The summed E-state index contributed by atoms with van der Waals surface area (Å²) in [6.45, 7) is 0.986. The highest BCUT2D eigenvalue weighted by Gasteiger charge is 2.42. The van der Waals surface area contributed by atoms with E-state index in [2.05, 4.69) is 10.6 Å². The maximum atomic E-state index is 12.8. The molecule has 2 saturated heterocycles. The molecule has 12 nitrogen and oxygen atoms in total. The Kier molecular flexibility index (Phi) is 8.12. The number of aliphatic hydroxyl groups excluding tert-OH is 1. The van der Waals surface area contributed by atoms with Gasteiger partial charge in [-0.1, -0.05) is 0 Å². The van der Waals surface area contributed by atoms with Crippen molar-refractivity contribution < 1.29 is 34.2 Å². The number of carboxylic acids is 1. The number of aliphatic hydroxyl groups is 1. The first-order valence-corrected chi connectivity index (χ1v) is 9.94. The Morgan fingerprint density at radius 2 is 1.63 bits per heavy atom. The van der Waals surface area contributed by atoms with Gasteiger partial charge in [-0.05, 0) is 32.6 Å². The summed E-state index contributed by atoms with van der Waals surface area (Å²) in [5, 5.41) is 23.2. The highest BCUT2D eigenvalue weighted by molar-refractivity contribution is 5.94. The Morgan fingerprint density at radius 3 is 2.20 bits per heavy atom. The first kappa shape index (κ1) is 23.5. The smallest absolute Gasteiger partial charge is 0.326 e. The number of carbonyl (C=O) groups is 5. The molecule has 6 N–H and O–H groups in total.